The van der Waals surface area contributed by atoms with Crippen LogP contribution in [0.3, 0.4) is 0 Å². The van der Waals surface area contributed by atoms with Crippen LogP contribution in [0.1, 0.15) is 47.9 Å². The van der Waals surface area contributed by atoms with Crippen LogP contribution in [0, 0.1) is 0 Å². The van der Waals surface area contributed by atoms with Gasteiger partial charge in [0.25, 0.3) is 23.6 Å². The summed E-state index contributed by atoms with van der Waals surface area (Å²) in [7, 11) is 3.99. The summed E-state index contributed by atoms with van der Waals surface area (Å²) in [6.07, 6.45) is 0.855. The molecule has 47 heavy (non-hydrogen) atoms. The lowest BCUT2D eigenvalue weighted by Gasteiger charge is -2.30. The van der Waals surface area contributed by atoms with Gasteiger partial charge in [-0.3, -0.25) is 29.0 Å². The van der Waals surface area contributed by atoms with Gasteiger partial charge in [-0.1, -0.05) is 24.3 Å². The molecule has 8 nitrogen and oxygen atoms in total. The van der Waals surface area contributed by atoms with Gasteiger partial charge in [-0.15, -0.1) is 22.7 Å². The molecule has 0 saturated carbocycles. The summed E-state index contributed by atoms with van der Waals surface area (Å²) in [5.41, 5.74) is 2.36. The Morgan fingerprint density at radius 3 is 1.43 bits per heavy atom. The molecule has 236 valence electrons. The van der Waals surface area contributed by atoms with Crippen LogP contribution < -0.4 is 0 Å². The fourth-order valence-corrected chi connectivity index (χ4v) is 8.89. The number of likely N-dealkylation sites (N-methyl/N-ethyl adjacent to an activating group) is 2. The zero-order chi connectivity index (χ0) is 32.4. The predicted octanol–water partition coefficient (Wildman–Crippen LogP) is 6.57. The second kappa shape index (κ2) is 11.6. The van der Waals surface area contributed by atoms with Crippen molar-refractivity contribution in [1.82, 2.24) is 19.6 Å². The van der Waals surface area contributed by atoms with Gasteiger partial charge in [-0.2, -0.15) is 0 Å². The van der Waals surface area contributed by atoms with Crippen molar-refractivity contribution in [2.24, 2.45) is 0 Å². The Morgan fingerprint density at radius 2 is 0.979 bits per heavy atom. The number of amides is 4. The molecule has 10 heteroatoms. The van der Waals surface area contributed by atoms with Crippen LogP contribution in [0.25, 0.3) is 41.7 Å². The second-order valence-corrected chi connectivity index (χ2v) is 14.3. The monoisotopic (exact) mass is 660 g/mol. The SMILES string of the molecule is CN(CCCN(C)CCN1C(=O)c2cccc3c2c(cc2ccsc23)C1=O)CCN1C(=O)c2cccc3c2c(cc2ccsc23)C1=O. The predicted molar refractivity (Wildman–Crippen MR) is 189 cm³/mol. The van der Waals surface area contributed by atoms with Crippen LogP contribution >= 0.6 is 22.7 Å². The third-order valence-corrected chi connectivity index (χ3v) is 11.5. The normalized spacial score (nSPS) is 14.8. The first-order valence-electron chi connectivity index (χ1n) is 15.8. The van der Waals surface area contributed by atoms with Crippen molar-refractivity contribution in [1.29, 1.82) is 0 Å². The summed E-state index contributed by atoms with van der Waals surface area (Å²) < 4.78 is 2.20. The minimum Gasteiger partial charge on any atom is -0.305 e. The fraction of sp³-hybridized carbons (Fsp3) is 0.243. The number of nitrogens with zero attached hydrogens (tertiary/aromatic N) is 4. The molecule has 0 aliphatic carbocycles. The molecule has 8 rings (SSSR count). The number of fused-ring (bicyclic) bond motifs is 4. The number of hydrogen-bond acceptors (Lipinski definition) is 8. The molecule has 2 aliphatic rings. The van der Waals surface area contributed by atoms with E-state index < -0.39 is 0 Å². The van der Waals surface area contributed by atoms with Gasteiger partial charge in [0.15, 0.2) is 0 Å². The summed E-state index contributed by atoms with van der Waals surface area (Å²) in [6, 6.07) is 19.3. The molecule has 0 N–H and O–H groups in total. The van der Waals surface area contributed by atoms with Gasteiger partial charge in [-0.25, -0.2) is 0 Å². The highest BCUT2D eigenvalue weighted by Crippen LogP contribution is 2.39. The molecule has 4 heterocycles. The maximum Gasteiger partial charge on any atom is 0.261 e. The van der Waals surface area contributed by atoms with E-state index in [-0.39, 0.29) is 23.6 Å². The lowest BCUT2D eigenvalue weighted by molar-refractivity contribution is 0.0585. The van der Waals surface area contributed by atoms with E-state index in [2.05, 4.69) is 9.80 Å². The first-order chi connectivity index (χ1) is 22.8. The Balaban J connectivity index is 0.861. The molecule has 6 aromatic rings. The largest absolute Gasteiger partial charge is 0.305 e. The van der Waals surface area contributed by atoms with E-state index in [0.29, 0.717) is 48.4 Å². The third-order valence-electron chi connectivity index (χ3n) is 9.54. The molecule has 0 bridgehead atoms. The summed E-state index contributed by atoms with van der Waals surface area (Å²) in [4.78, 5) is 61.0. The van der Waals surface area contributed by atoms with Gasteiger partial charge in [0.1, 0.15) is 0 Å². The van der Waals surface area contributed by atoms with E-state index in [0.717, 1.165) is 61.2 Å². The smallest absolute Gasteiger partial charge is 0.261 e. The lowest BCUT2D eigenvalue weighted by Crippen LogP contribution is -2.45. The number of thiophene rings is 2. The third kappa shape index (κ3) is 4.86. The van der Waals surface area contributed by atoms with Crippen molar-refractivity contribution in [3.8, 4) is 0 Å². The van der Waals surface area contributed by atoms with Crippen LogP contribution in [0.5, 0.6) is 0 Å². The standard InChI is InChI=1S/C37H32N4O4S2/c1-38(14-16-40-34(42)26-8-3-6-24-30(26)28(36(40)44)20-22-10-18-46-32(22)24)12-5-13-39(2)15-17-41-35(43)27-9-4-7-25-31(27)29(37(41)45)21-23-11-19-47-33(23)25/h3-4,6-11,18-21H,5,12-17H2,1-2H3. The van der Waals surface area contributed by atoms with Crippen molar-refractivity contribution >= 4 is 88.0 Å². The van der Waals surface area contributed by atoms with Gasteiger partial charge >= 0.3 is 0 Å². The minimum absolute atomic E-state index is 0.236. The molecule has 2 aliphatic heterocycles. The summed E-state index contributed by atoms with van der Waals surface area (Å²) in [5, 5.41) is 9.53. The summed E-state index contributed by atoms with van der Waals surface area (Å²) >= 11 is 3.25. The Kier molecular flexibility index (Phi) is 7.40. The van der Waals surface area contributed by atoms with Crippen LogP contribution in [-0.4, -0.2) is 96.6 Å². The van der Waals surface area contributed by atoms with Crippen molar-refractivity contribution in [3.63, 3.8) is 0 Å². The maximum absolute atomic E-state index is 13.5. The highest BCUT2D eigenvalue weighted by atomic mass is 32.1. The summed E-state index contributed by atoms with van der Waals surface area (Å²) in [6.45, 7) is 3.30. The van der Waals surface area contributed by atoms with Gasteiger partial charge in [0, 0.05) is 79.4 Å². The molecule has 0 saturated heterocycles. The van der Waals surface area contributed by atoms with E-state index in [1.54, 1.807) is 22.7 Å². The number of carbonyl (C=O) groups excluding carboxylic acids is 4. The van der Waals surface area contributed by atoms with E-state index >= 15 is 0 Å². The minimum atomic E-state index is -0.238. The van der Waals surface area contributed by atoms with E-state index in [9.17, 15) is 19.2 Å². The molecule has 2 aromatic heterocycles. The number of carbonyl (C=O) groups is 4. The zero-order valence-electron chi connectivity index (χ0n) is 26.1. The number of hydrogen-bond donors (Lipinski definition) is 0. The highest BCUT2D eigenvalue weighted by Gasteiger charge is 2.35. The molecule has 0 fully saturated rings. The van der Waals surface area contributed by atoms with Gasteiger partial charge in [-0.05, 0) is 91.5 Å². The van der Waals surface area contributed by atoms with Crippen LogP contribution in [0.15, 0.2) is 71.4 Å². The topological polar surface area (TPSA) is 81.2 Å². The van der Waals surface area contributed by atoms with Crippen molar-refractivity contribution in [3.05, 3.63) is 93.7 Å². The van der Waals surface area contributed by atoms with E-state index in [4.69, 9.17) is 0 Å². The Bertz CT molecular complexity index is 2130. The van der Waals surface area contributed by atoms with Gasteiger partial charge in [0.05, 0.1) is 0 Å². The maximum atomic E-state index is 13.5. The van der Waals surface area contributed by atoms with Crippen LogP contribution in [-0.2, 0) is 0 Å². The molecule has 0 spiro atoms. The zero-order valence-corrected chi connectivity index (χ0v) is 27.7. The lowest BCUT2D eigenvalue weighted by atomic mass is 9.93. The first-order valence-corrected chi connectivity index (χ1v) is 17.5. The number of benzene rings is 4. The molecular formula is C37H32N4O4S2. The average Bonchev–Trinajstić information content (AvgIpc) is 3.76. The van der Waals surface area contributed by atoms with E-state index in [1.807, 2.05) is 85.5 Å². The molecule has 4 aromatic carbocycles. The molecule has 0 unspecified atom stereocenters. The van der Waals surface area contributed by atoms with Gasteiger partial charge in [0.2, 0.25) is 0 Å². The van der Waals surface area contributed by atoms with Crippen LogP contribution in [0.4, 0.5) is 0 Å². The summed E-state index contributed by atoms with van der Waals surface area (Å²) in [5.74, 6) is -0.948. The molecule has 0 atom stereocenters. The molecule has 4 amide bonds. The first kappa shape index (κ1) is 29.9. The number of rotatable bonds is 10. The quantitative estimate of drug-likeness (QED) is 0.155. The van der Waals surface area contributed by atoms with Crippen LogP contribution in [0.2, 0.25) is 0 Å². The molecular weight excluding hydrogens is 629 g/mol. The van der Waals surface area contributed by atoms with Crippen molar-refractivity contribution < 1.29 is 19.2 Å². The van der Waals surface area contributed by atoms with Gasteiger partial charge < -0.3 is 9.80 Å². The fourth-order valence-electron chi connectivity index (χ4n) is 7.06. The van der Waals surface area contributed by atoms with Crippen molar-refractivity contribution in [2.75, 3.05) is 53.4 Å². The Morgan fingerprint density at radius 1 is 0.553 bits per heavy atom. The highest BCUT2D eigenvalue weighted by molar-refractivity contribution is 7.18. The Hall–Kier alpha value is -4.48. The van der Waals surface area contributed by atoms with E-state index in [1.165, 1.54) is 9.80 Å². The average molecular weight is 661 g/mol. The Labute approximate surface area is 279 Å². The van der Waals surface area contributed by atoms with Crippen molar-refractivity contribution in [2.45, 2.75) is 6.42 Å². The second-order valence-electron chi connectivity index (χ2n) is 12.5. The number of imide groups is 2. The molecule has 0 radical (unpaired) electrons.